The second kappa shape index (κ2) is 8.67. The number of fused-ring (bicyclic) bond motifs is 1. The highest BCUT2D eigenvalue weighted by Crippen LogP contribution is 2.22. The van der Waals surface area contributed by atoms with E-state index >= 15 is 0 Å². The number of para-hydroxylation sites is 2. The SMILES string of the molecule is COc1cccc(C(CNC(=O)Cn2c(=O)cnc3ccccc32)N(C)C)c1. The Hall–Kier alpha value is -3.19. The highest BCUT2D eigenvalue weighted by atomic mass is 16.5. The number of rotatable bonds is 7. The molecule has 0 aliphatic rings. The number of carbonyl (C=O) groups excluding carboxylic acids is 1. The summed E-state index contributed by atoms with van der Waals surface area (Å²) in [5, 5.41) is 2.94. The van der Waals surface area contributed by atoms with Crippen molar-refractivity contribution in [3.63, 3.8) is 0 Å². The predicted octanol–water partition coefficient (Wildman–Crippen LogP) is 1.82. The van der Waals surface area contributed by atoms with Crippen molar-refractivity contribution in [1.82, 2.24) is 19.8 Å². The van der Waals surface area contributed by atoms with Crippen LogP contribution in [0.4, 0.5) is 0 Å². The molecule has 1 atom stereocenters. The zero-order valence-corrected chi connectivity index (χ0v) is 16.3. The van der Waals surface area contributed by atoms with E-state index in [0.29, 0.717) is 17.6 Å². The minimum Gasteiger partial charge on any atom is -0.497 e. The lowest BCUT2D eigenvalue weighted by Gasteiger charge is -2.25. The minimum atomic E-state index is -0.300. The van der Waals surface area contributed by atoms with Gasteiger partial charge in [-0.3, -0.25) is 14.2 Å². The number of ether oxygens (including phenoxy) is 1. The van der Waals surface area contributed by atoms with Crippen LogP contribution in [0, 0.1) is 0 Å². The number of hydrogen-bond donors (Lipinski definition) is 1. The van der Waals surface area contributed by atoms with Crippen LogP contribution in [0.2, 0.25) is 0 Å². The predicted molar refractivity (Wildman–Crippen MR) is 108 cm³/mol. The number of methoxy groups -OCH3 is 1. The number of aromatic nitrogens is 2. The largest absolute Gasteiger partial charge is 0.497 e. The van der Waals surface area contributed by atoms with Crippen LogP contribution in [0.3, 0.4) is 0 Å². The van der Waals surface area contributed by atoms with Crippen molar-refractivity contribution in [3.05, 3.63) is 70.6 Å². The molecule has 1 unspecified atom stereocenters. The minimum absolute atomic E-state index is 0.0232. The zero-order chi connectivity index (χ0) is 20.1. The van der Waals surface area contributed by atoms with Crippen molar-refractivity contribution >= 4 is 16.9 Å². The first-order valence-electron chi connectivity index (χ1n) is 9.01. The summed E-state index contributed by atoms with van der Waals surface area (Å²) >= 11 is 0. The first-order chi connectivity index (χ1) is 13.5. The second-order valence-corrected chi connectivity index (χ2v) is 6.73. The molecule has 0 aliphatic carbocycles. The highest BCUT2D eigenvalue weighted by molar-refractivity contribution is 5.80. The number of nitrogens with zero attached hydrogens (tertiary/aromatic N) is 3. The Labute approximate surface area is 163 Å². The number of nitrogens with one attached hydrogen (secondary N) is 1. The van der Waals surface area contributed by atoms with Crippen molar-refractivity contribution in [3.8, 4) is 5.75 Å². The van der Waals surface area contributed by atoms with Gasteiger partial charge in [-0.2, -0.15) is 0 Å². The maximum absolute atomic E-state index is 12.6. The van der Waals surface area contributed by atoms with E-state index in [1.54, 1.807) is 13.2 Å². The fourth-order valence-electron chi connectivity index (χ4n) is 3.14. The van der Waals surface area contributed by atoms with Crippen molar-refractivity contribution in [1.29, 1.82) is 0 Å². The van der Waals surface area contributed by atoms with E-state index in [4.69, 9.17) is 4.74 Å². The Kier molecular flexibility index (Phi) is 6.06. The number of carbonyl (C=O) groups is 1. The molecule has 0 bridgehead atoms. The average molecular weight is 380 g/mol. The first-order valence-corrected chi connectivity index (χ1v) is 9.01. The number of benzene rings is 2. The van der Waals surface area contributed by atoms with Gasteiger partial charge in [0, 0.05) is 6.54 Å². The second-order valence-electron chi connectivity index (χ2n) is 6.73. The summed E-state index contributed by atoms with van der Waals surface area (Å²) in [6.45, 7) is 0.358. The Morgan fingerprint density at radius 2 is 2.00 bits per heavy atom. The van der Waals surface area contributed by atoms with E-state index in [1.165, 1.54) is 10.8 Å². The molecule has 1 aromatic heterocycles. The van der Waals surface area contributed by atoms with Crippen molar-refractivity contribution in [2.24, 2.45) is 0 Å². The van der Waals surface area contributed by atoms with Crippen molar-refractivity contribution in [2.75, 3.05) is 27.7 Å². The molecule has 1 heterocycles. The average Bonchev–Trinajstić information content (AvgIpc) is 2.70. The van der Waals surface area contributed by atoms with Crippen LogP contribution in [0.1, 0.15) is 11.6 Å². The maximum atomic E-state index is 12.6. The van der Waals surface area contributed by atoms with E-state index in [-0.39, 0.29) is 24.1 Å². The summed E-state index contributed by atoms with van der Waals surface area (Å²) in [5.41, 5.74) is 2.06. The molecule has 0 aliphatic heterocycles. The molecule has 0 radical (unpaired) electrons. The quantitative estimate of drug-likeness (QED) is 0.677. The molecule has 7 heteroatoms. The van der Waals surface area contributed by atoms with E-state index in [1.807, 2.05) is 61.5 Å². The molecule has 1 amide bonds. The molecular formula is C21H24N4O3. The third-order valence-corrected chi connectivity index (χ3v) is 4.65. The monoisotopic (exact) mass is 380 g/mol. The van der Waals surface area contributed by atoms with Crippen LogP contribution in [0.15, 0.2) is 59.5 Å². The fraction of sp³-hybridized carbons (Fsp3) is 0.286. The topological polar surface area (TPSA) is 76.5 Å². The number of amides is 1. The van der Waals surface area contributed by atoms with Gasteiger partial charge in [-0.15, -0.1) is 0 Å². The Bertz CT molecular complexity index is 1030. The van der Waals surface area contributed by atoms with E-state index in [0.717, 1.165) is 11.3 Å². The summed E-state index contributed by atoms with van der Waals surface area (Å²) in [4.78, 5) is 30.9. The fourth-order valence-corrected chi connectivity index (χ4v) is 3.14. The Morgan fingerprint density at radius 1 is 1.21 bits per heavy atom. The van der Waals surface area contributed by atoms with Crippen LogP contribution in [-0.4, -0.2) is 48.1 Å². The van der Waals surface area contributed by atoms with Crippen LogP contribution >= 0.6 is 0 Å². The van der Waals surface area contributed by atoms with Gasteiger partial charge in [0.25, 0.3) is 5.56 Å². The molecule has 3 rings (SSSR count). The molecule has 0 saturated heterocycles. The molecule has 0 fully saturated rings. The molecule has 7 nitrogen and oxygen atoms in total. The van der Waals surface area contributed by atoms with Gasteiger partial charge in [-0.1, -0.05) is 24.3 Å². The lowest BCUT2D eigenvalue weighted by molar-refractivity contribution is -0.121. The van der Waals surface area contributed by atoms with Gasteiger partial charge in [0.1, 0.15) is 12.3 Å². The normalized spacial score (nSPS) is 12.1. The zero-order valence-electron chi connectivity index (χ0n) is 16.3. The summed E-state index contributed by atoms with van der Waals surface area (Å²) in [6.07, 6.45) is 1.24. The third kappa shape index (κ3) is 4.37. The van der Waals surface area contributed by atoms with Gasteiger partial charge in [-0.25, -0.2) is 4.98 Å². The third-order valence-electron chi connectivity index (χ3n) is 4.65. The van der Waals surface area contributed by atoms with Gasteiger partial charge in [0.2, 0.25) is 5.91 Å². The first kappa shape index (κ1) is 19.6. The maximum Gasteiger partial charge on any atom is 0.269 e. The molecule has 0 saturated carbocycles. The van der Waals surface area contributed by atoms with Crippen molar-refractivity contribution < 1.29 is 9.53 Å². The standard InChI is InChI=1S/C21H24N4O3/c1-24(2)19(15-7-6-8-16(11-15)28-3)12-23-20(26)14-25-18-10-5-4-9-17(18)22-13-21(25)27/h4-11,13,19H,12,14H2,1-3H3,(H,23,26). The van der Waals surface area contributed by atoms with Crippen molar-refractivity contribution in [2.45, 2.75) is 12.6 Å². The van der Waals surface area contributed by atoms with Crippen LogP contribution in [0.5, 0.6) is 5.75 Å². The van der Waals surface area contributed by atoms with Gasteiger partial charge in [0.05, 0.1) is 30.4 Å². The molecular weight excluding hydrogens is 356 g/mol. The lowest BCUT2D eigenvalue weighted by atomic mass is 10.1. The molecule has 28 heavy (non-hydrogen) atoms. The van der Waals surface area contributed by atoms with Crippen LogP contribution in [-0.2, 0) is 11.3 Å². The summed E-state index contributed by atoms with van der Waals surface area (Å²) in [5.74, 6) is 0.540. The molecule has 146 valence electrons. The van der Waals surface area contributed by atoms with Gasteiger partial charge < -0.3 is 15.0 Å². The summed E-state index contributed by atoms with van der Waals surface area (Å²) < 4.78 is 6.73. The van der Waals surface area contributed by atoms with Gasteiger partial charge in [0.15, 0.2) is 0 Å². The van der Waals surface area contributed by atoms with E-state index in [2.05, 4.69) is 10.3 Å². The smallest absolute Gasteiger partial charge is 0.269 e. The molecule has 1 N–H and O–H groups in total. The molecule has 3 aromatic rings. The number of hydrogen-bond acceptors (Lipinski definition) is 5. The lowest BCUT2D eigenvalue weighted by Crippen LogP contribution is -2.38. The summed E-state index contributed by atoms with van der Waals surface area (Å²) in [6, 6.07) is 15.0. The van der Waals surface area contributed by atoms with Crippen LogP contribution < -0.4 is 15.6 Å². The molecule has 2 aromatic carbocycles. The highest BCUT2D eigenvalue weighted by Gasteiger charge is 2.17. The number of likely N-dealkylation sites (N-methyl/N-ethyl adjacent to an activating group) is 1. The molecule has 0 spiro atoms. The summed E-state index contributed by atoms with van der Waals surface area (Å²) in [7, 11) is 5.54. The van der Waals surface area contributed by atoms with Gasteiger partial charge in [-0.05, 0) is 43.9 Å². The van der Waals surface area contributed by atoms with E-state index in [9.17, 15) is 9.59 Å². The Morgan fingerprint density at radius 3 is 2.75 bits per heavy atom. The van der Waals surface area contributed by atoms with Gasteiger partial charge >= 0.3 is 0 Å². The van der Waals surface area contributed by atoms with Crippen LogP contribution in [0.25, 0.3) is 11.0 Å². The van der Waals surface area contributed by atoms with E-state index < -0.39 is 0 Å². The Balaban J connectivity index is 1.74.